The highest BCUT2D eigenvalue weighted by Gasteiger charge is 2.28. The highest BCUT2D eigenvalue weighted by Crippen LogP contribution is 2.13. The van der Waals surface area contributed by atoms with E-state index in [4.69, 9.17) is 0 Å². The Morgan fingerprint density at radius 2 is 2.22 bits per heavy atom. The Labute approximate surface area is 55.2 Å². The summed E-state index contributed by atoms with van der Waals surface area (Å²) in [5.74, 6) is 0.881. The lowest BCUT2D eigenvalue weighted by atomic mass is 9.95. The minimum atomic E-state index is 0.693. The topological polar surface area (TPSA) is 36.1 Å². The molecule has 0 bridgehead atoms. The molecule has 3 heteroatoms. The van der Waals surface area contributed by atoms with E-state index in [1.54, 1.807) is 0 Å². The van der Waals surface area contributed by atoms with Crippen LogP contribution in [-0.4, -0.2) is 25.7 Å². The van der Waals surface area contributed by atoms with Gasteiger partial charge in [-0.15, -0.1) is 0 Å². The molecule has 3 nitrogen and oxygen atoms in total. The third-order valence-corrected chi connectivity index (χ3v) is 2.28. The quantitative estimate of drug-likeness (QED) is 0.393. The molecule has 2 rings (SSSR count). The summed E-state index contributed by atoms with van der Waals surface area (Å²) in [6, 6.07) is 0.693. The molecular weight excluding hydrogens is 114 g/mol. The van der Waals surface area contributed by atoms with Crippen molar-refractivity contribution in [2.75, 3.05) is 19.6 Å². The molecule has 0 amide bonds. The van der Waals surface area contributed by atoms with Gasteiger partial charge in [-0.1, -0.05) is 0 Å². The molecule has 2 atom stereocenters. The third-order valence-electron chi connectivity index (χ3n) is 2.28. The first-order valence-corrected chi connectivity index (χ1v) is 3.66. The SMILES string of the molecule is C1CC2CNNC2CN1. The predicted molar refractivity (Wildman–Crippen MR) is 35.9 cm³/mol. The smallest absolute Gasteiger partial charge is 0.0378 e. The molecule has 2 fully saturated rings. The normalized spacial score (nSPS) is 42.7. The number of hydrogen-bond donors (Lipinski definition) is 3. The van der Waals surface area contributed by atoms with Crippen molar-refractivity contribution in [2.24, 2.45) is 5.92 Å². The van der Waals surface area contributed by atoms with Crippen LogP contribution in [0.1, 0.15) is 6.42 Å². The van der Waals surface area contributed by atoms with Crippen molar-refractivity contribution in [3.05, 3.63) is 0 Å². The zero-order valence-electron chi connectivity index (χ0n) is 5.48. The van der Waals surface area contributed by atoms with Crippen LogP contribution in [0.2, 0.25) is 0 Å². The van der Waals surface area contributed by atoms with Gasteiger partial charge in [0.15, 0.2) is 0 Å². The van der Waals surface area contributed by atoms with Crippen molar-refractivity contribution in [1.29, 1.82) is 0 Å². The average Bonchev–Trinajstić information content (AvgIpc) is 2.33. The van der Waals surface area contributed by atoms with Gasteiger partial charge in [0.05, 0.1) is 0 Å². The lowest BCUT2D eigenvalue weighted by Crippen LogP contribution is -2.44. The summed E-state index contributed by atoms with van der Waals surface area (Å²) in [5, 5.41) is 3.35. The molecule has 2 heterocycles. The second-order valence-electron chi connectivity index (χ2n) is 2.88. The van der Waals surface area contributed by atoms with Gasteiger partial charge in [-0.2, -0.15) is 0 Å². The largest absolute Gasteiger partial charge is 0.315 e. The summed E-state index contributed by atoms with van der Waals surface area (Å²) in [4.78, 5) is 0. The minimum Gasteiger partial charge on any atom is -0.315 e. The molecule has 9 heavy (non-hydrogen) atoms. The van der Waals surface area contributed by atoms with E-state index in [2.05, 4.69) is 16.2 Å². The number of nitrogens with one attached hydrogen (secondary N) is 3. The maximum Gasteiger partial charge on any atom is 0.0378 e. The van der Waals surface area contributed by atoms with Crippen molar-refractivity contribution in [1.82, 2.24) is 16.2 Å². The van der Waals surface area contributed by atoms with Crippen LogP contribution in [0.15, 0.2) is 0 Å². The molecule has 2 aliphatic heterocycles. The Hall–Kier alpha value is -0.120. The fraction of sp³-hybridized carbons (Fsp3) is 1.00. The monoisotopic (exact) mass is 127 g/mol. The molecule has 0 saturated carbocycles. The fourth-order valence-electron chi connectivity index (χ4n) is 1.65. The van der Waals surface area contributed by atoms with Gasteiger partial charge in [-0.3, -0.25) is 10.9 Å². The Morgan fingerprint density at radius 1 is 1.22 bits per heavy atom. The molecule has 0 spiro atoms. The van der Waals surface area contributed by atoms with Gasteiger partial charge in [0.1, 0.15) is 0 Å². The molecule has 52 valence electrons. The van der Waals surface area contributed by atoms with E-state index >= 15 is 0 Å². The van der Waals surface area contributed by atoms with Crippen LogP contribution in [0.25, 0.3) is 0 Å². The predicted octanol–water partition coefficient (Wildman–Crippen LogP) is -0.928. The average molecular weight is 127 g/mol. The molecule has 2 saturated heterocycles. The molecule has 2 unspecified atom stereocenters. The minimum absolute atomic E-state index is 0.693. The third kappa shape index (κ3) is 0.956. The second kappa shape index (κ2) is 2.25. The van der Waals surface area contributed by atoms with Gasteiger partial charge in [0.25, 0.3) is 0 Å². The number of rotatable bonds is 0. The highest BCUT2D eigenvalue weighted by molar-refractivity contribution is 4.87. The van der Waals surface area contributed by atoms with Crippen LogP contribution in [0.4, 0.5) is 0 Å². The maximum absolute atomic E-state index is 3.35. The molecule has 0 aromatic carbocycles. The second-order valence-corrected chi connectivity index (χ2v) is 2.88. The van der Waals surface area contributed by atoms with Crippen molar-refractivity contribution >= 4 is 0 Å². The number of hydrogen-bond acceptors (Lipinski definition) is 3. The van der Waals surface area contributed by atoms with E-state index in [1.807, 2.05) is 0 Å². The summed E-state index contributed by atoms with van der Waals surface area (Å²) in [6.07, 6.45) is 1.32. The molecule has 0 aromatic heterocycles. The Kier molecular flexibility index (Phi) is 1.41. The van der Waals surface area contributed by atoms with Gasteiger partial charge in [0.2, 0.25) is 0 Å². The number of fused-ring (bicyclic) bond motifs is 1. The van der Waals surface area contributed by atoms with E-state index in [1.165, 1.54) is 13.0 Å². The standard InChI is InChI=1S/C6H13N3/c1-2-7-4-6-5(1)3-8-9-6/h5-9H,1-4H2. The summed E-state index contributed by atoms with van der Waals surface area (Å²) in [7, 11) is 0. The fourth-order valence-corrected chi connectivity index (χ4v) is 1.65. The van der Waals surface area contributed by atoms with Crippen molar-refractivity contribution < 1.29 is 0 Å². The lowest BCUT2D eigenvalue weighted by Gasteiger charge is -2.24. The van der Waals surface area contributed by atoms with Gasteiger partial charge < -0.3 is 5.32 Å². The zero-order chi connectivity index (χ0) is 6.10. The van der Waals surface area contributed by atoms with Crippen LogP contribution in [0.5, 0.6) is 0 Å². The van der Waals surface area contributed by atoms with Crippen LogP contribution in [-0.2, 0) is 0 Å². The summed E-state index contributed by atoms with van der Waals surface area (Å²) >= 11 is 0. The van der Waals surface area contributed by atoms with Crippen molar-refractivity contribution in [2.45, 2.75) is 12.5 Å². The first-order chi connectivity index (χ1) is 4.47. The van der Waals surface area contributed by atoms with Gasteiger partial charge in [-0.25, -0.2) is 0 Å². The molecule has 0 radical (unpaired) electrons. The summed E-state index contributed by atoms with van der Waals surface area (Å²) in [6.45, 7) is 3.49. The first kappa shape index (κ1) is 5.65. The van der Waals surface area contributed by atoms with Gasteiger partial charge in [-0.05, 0) is 18.9 Å². The zero-order valence-corrected chi connectivity index (χ0v) is 5.48. The van der Waals surface area contributed by atoms with Crippen LogP contribution in [0, 0.1) is 5.92 Å². The summed E-state index contributed by atoms with van der Waals surface area (Å²) < 4.78 is 0. The van der Waals surface area contributed by atoms with E-state index in [0.717, 1.165) is 19.0 Å². The molecular formula is C6H13N3. The maximum atomic E-state index is 3.35. The van der Waals surface area contributed by atoms with Crippen LogP contribution >= 0.6 is 0 Å². The van der Waals surface area contributed by atoms with Gasteiger partial charge >= 0.3 is 0 Å². The van der Waals surface area contributed by atoms with Crippen LogP contribution in [0.3, 0.4) is 0 Å². The van der Waals surface area contributed by atoms with Crippen molar-refractivity contribution in [3.63, 3.8) is 0 Å². The Bertz CT molecular complexity index is 92.5. The van der Waals surface area contributed by atoms with E-state index in [-0.39, 0.29) is 0 Å². The number of piperidine rings is 1. The van der Waals surface area contributed by atoms with Gasteiger partial charge in [0, 0.05) is 19.1 Å². The molecule has 0 aliphatic carbocycles. The van der Waals surface area contributed by atoms with Crippen LogP contribution < -0.4 is 16.2 Å². The Balaban J connectivity index is 1.97. The first-order valence-electron chi connectivity index (χ1n) is 3.66. The molecule has 2 aliphatic rings. The molecule has 3 N–H and O–H groups in total. The number of hydrazine groups is 1. The van der Waals surface area contributed by atoms with E-state index in [0.29, 0.717) is 6.04 Å². The van der Waals surface area contributed by atoms with Crippen molar-refractivity contribution in [3.8, 4) is 0 Å². The van der Waals surface area contributed by atoms with E-state index < -0.39 is 0 Å². The van der Waals surface area contributed by atoms with E-state index in [9.17, 15) is 0 Å². The lowest BCUT2D eigenvalue weighted by molar-refractivity contribution is 0.352. The molecule has 0 aromatic rings. The summed E-state index contributed by atoms with van der Waals surface area (Å²) in [5.41, 5.74) is 6.42. The highest BCUT2D eigenvalue weighted by atomic mass is 15.4. The Morgan fingerprint density at radius 3 is 3.11 bits per heavy atom.